The second kappa shape index (κ2) is 12.0. The van der Waals surface area contributed by atoms with Crippen molar-refractivity contribution in [2.24, 2.45) is 5.92 Å². The van der Waals surface area contributed by atoms with Gasteiger partial charge in [-0.2, -0.15) is 0 Å². The number of carbonyl (C=O) groups is 2. The Morgan fingerprint density at radius 1 is 0.857 bits per heavy atom. The summed E-state index contributed by atoms with van der Waals surface area (Å²) in [5, 5.41) is 8.94. The van der Waals surface area contributed by atoms with Crippen molar-refractivity contribution in [3.05, 3.63) is 29.3 Å². The molecule has 1 aromatic rings. The molecule has 1 saturated heterocycles. The monoisotopic (exact) mass is 503 g/mol. The summed E-state index contributed by atoms with van der Waals surface area (Å²) in [5.74, 6) is -0.200. The van der Waals surface area contributed by atoms with Crippen LogP contribution >= 0.6 is 12.4 Å². The lowest BCUT2D eigenvalue weighted by Gasteiger charge is -2.34. The summed E-state index contributed by atoms with van der Waals surface area (Å²) in [7, 11) is 0. The molecule has 2 heterocycles. The number of nitrogens with zero attached hydrogens (tertiary/aromatic N) is 3. The SMILES string of the molecule is Cl.O=C(O)CC[C@H]1CC[C@H](N2CCN(c3ccc4c(c3)CCN(C3CCCCC3)CC4)C2=O)CC1. The molecule has 0 atom stereocenters. The molecular weight excluding hydrogens is 462 g/mol. The molecule has 4 aliphatic rings. The Morgan fingerprint density at radius 3 is 2.29 bits per heavy atom. The van der Waals surface area contributed by atoms with Crippen molar-refractivity contribution in [2.45, 2.75) is 95.6 Å². The average molecular weight is 504 g/mol. The second-order valence-electron chi connectivity index (χ2n) is 11.0. The van der Waals surface area contributed by atoms with Crippen LogP contribution in [0.2, 0.25) is 0 Å². The van der Waals surface area contributed by atoms with Gasteiger partial charge in [0.05, 0.1) is 0 Å². The normalized spacial score (nSPS) is 26.2. The number of anilines is 1. The maximum Gasteiger partial charge on any atom is 0.324 e. The minimum absolute atomic E-state index is 0. The molecular formula is C28H42ClN3O3. The lowest BCUT2D eigenvalue weighted by atomic mass is 9.83. The Kier molecular flexibility index (Phi) is 8.98. The lowest BCUT2D eigenvalue weighted by Crippen LogP contribution is -2.41. The van der Waals surface area contributed by atoms with Crippen molar-refractivity contribution >= 4 is 30.1 Å². The van der Waals surface area contributed by atoms with Gasteiger partial charge >= 0.3 is 12.0 Å². The molecule has 0 bridgehead atoms. The van der Waals surface area contributed by atoms with Crippen LogP contribution in [0.4, 0.5) is 10.5 Å². The number of halogens is 1. The number of amides is 2. The first kappa shape index (κ1) is 26.3. The van der Waals surface area contributed by atoms with Gasteiger partial charge in [0, 0.05) is 50.4 Å². The number of hydrogen-bond donors (Lipinski definition) is 1. The van der Waals surface area contributed by atoms with Crippen molar-refractivity contribution in [2.75, 3.05) is 31.1 Å². The first-order valence-electron chi connectivity index (χ1n) is 13.7. The van der Waals surface area contributed by atoms with Crippen molar-refractivity contribution in [3.63, 3.8) is 0 Å². The van der Waals surface area contributed by atoms with Gasteiger partial charge in [0.15, 0.2) is 0 Å². The number of hydrogen-bond acceptors (Lipinski definition) is 3. The molecule has 2 aliphatic heterocycles. The van der Waals surface area contributed by atoms with Crippen LogP contribution in [-0.2, 0) is 17.6 Å². The zero-order valence-corrected chi connectivity index (χ0v) is 21.8. The van der Waals surface area contributed by atoms with E-state index in [0.29, 0.717) is 12.0 Å². The zero-order valence-electron chi connectivity index (χ0n) is 21.0. The Hall–Kier alpha value is -1.79. The van der Waals surface area contributed by atoms with Gasteiger partial charge in [-0.05, 0) is 87.0 Å². The molecule has 0 radical (unpaired) electrons. The van der Waals surface area contributed by atoms with E-state index in [1.807, 2.05) is 4.90 Å². The second-order valence-corrected chi connectivity index (χ2v) is 11.0. The van der Waals surface area contributed by atoms with Gasteiger partial charge < -0.3 is 10.0 Å². The number of urea groups is 1. The molecule has 2 saturated carbocycles. The summed E-state index contributed by atoms with van der Waals surface area (Å²) in [5.41, 5.74) is 3.96. The highest BCUT2D eigenvalue weighted by molar-refractivity contribution is 5.94. The molecule has 0 aromatic heterocycles. The molecule has 6 nitrogen and oxygen atoms in total. The number of carboxylic acids is 1. The number of carboxylic acid groups (broad SMARTS) is 1. The van der Waals surface area contributed by atoms with E-state index >= 15 is 0 Å². The Balaban J connectivity index is 0.00000289. The van der Waals surface area contributed by atoms with Gasteiger partial charge in [0.25, 0.3) is 0 Å². The first-order valence-corrected chi connectivity index (χ1v) is 13.7. The van der Waals surface area contributed by atoms with Gasteiger partial charge in [0.2, 0.25) is 0 Å². The topological polar surface area (TPSA) is 64.1 Å². The first-order chi connectivity index (χ1) is 16.6. The van der Waals surface area contributed by atoms with Crippen molar-refractivity contribution < 1.29 is 14.7 Å². The third-order valence-corrected chi connectivity index (χ3v) is 8.99. The summed E-state index contributed by atoms with van der Waals surface area (Å²) in [6.07, 6.45) is 14.2. The zero-order chi connectivity index (χ0) is 23.5. The van der Waals surface area contributed by atoms with E-state index in [9.17, 15) is 9.59 Å². The molecule has 1 N–H and O–H groups in total. The van der Waals surface area contributed by atoms with E-state index in [1.54, 1.807) is 0 Å². The van der Waals surface area contributed by atoms with Crippen LogP contribution in [0.25, 0.3) is 0 Å². The minimum Gasteiger partial charge on any atom is -0.481 e. The molecule has 3 fully saturated rings. The van der Waals surface area contributed by atoms with Crippen LogP contribution in [0.3, 0.4) is 0 Å². The predicted molar refractivity (Wildman–Crippen MR) is 142 cm³/mol. The number of aliphatic carboxylic acids is 1. The van der Waals surface area contributed by atoms with E-state index in [-0.39, 0.29) is 24.9 Å². The third kappa shape index (κ3) is 6.14. The standard InChI is InChI=1S/C28H41N3O3.ClH/c32-27(33)13-8-21-6-10-25(11-7-21)30-18-19-31(28(30)34)26-12-9-22-14-16-29(17-15-23(22)20-26)24-4-2-1-3-5-24;/h9,12,20-21,24-25H,1-8,10-11,13-19H2,(H,32,33);1H/t21-,25-;. The largest absolute Gasteiger partial charge is 0.481 e. The molecule has 7 heteroatoms. The molecule has 1 aromatic carbocycles. The predicted octanol–water partition coefficient (Wildman–Crippen LogP) is 5.51. The van der Waals surface area contributed by atoms with Gasteiger partial charge in [-0.15, -0.1) is 12.4 Å². The van der Waals surface area contributed by atoms with Crippen LogP contribution in [0.1, 0.15) is 81.8 Å². The molecule has 0 unspecified atom stereocenters. The molecule has 194 valence electrons. The molecule has 0 spiro atoms. The maximum atomic E-state index is 13.4. The van der Waals surface area contributed by atoms with E-state index in [1.165, 1.54) is 49.8 Å². The third-order valence-electron chi connectivity index (χ3n) is 8.99. The highest BCUT2D eigenvalue weighted by Gasteiger charge is 2.36. The maximum absolute atomic E-state index is 13.4. The highest BCUT2D eigenvalue weighted by atomic mass is 35.5. The summed E-state index contributed by atoms with van der Waals surface area (Å²) in [6.45, 7) is 3.88. The minimum atomic E-state index is -0.699. The van der Waals surface area contributed by atoms with Crippen LogP contribution < -0.4 is 4.90 Å². The Morgan fingerprint density at radius 2 is 1.57 bits per heavy atom. The molecule has 5 rings (SSSR count). The summed E-state index contributed by atoms with van der Waals surface area (Å²) in [6, 6.07) is 7.98. The van der Waals surface area contributed by atoms with E-state index in [4.69, 9.17) is 5.11 Å². The smallest absolute Gasteiger partial charge is 0.324 e. The molecule has 2 amide bonds. The number of carbonyl (C=O) groups excluding carboxylic acids is 1. The van der Waals surface area contributed by atoms with E-state index in [2.05, 4.69) is 28.0 Å². The summed E-state index contributed by atoms with van der Waals surface area (Å²) < 4.78 is 0. The average Bonchev–Trinajstić information content (AvgIpc) is 3.11. The van der Waals surface area contributed by atoms with Crippen LogP contribution in [-0.4, -0.2) is 65.2 Å². The van der Waals surface area contributed by atoms with E-state index in [0.717, 1.165) is 76.3 Å². The fraction of sp³-hybridized carbons (Fsp3) is 0.714. The number of benzene rings is 1. The van der Waals surface area contributed by atoms with Crippen LogP contribution in [0.5, 0.6) is 0 Å². The van der Waals surface area contributed by atoms with Crippen molar-refractivity contribution in [3.8, 4) is 0 Å². The quantitative estimate of drug-likeness (QED) is 0.556. The van der Waals surface area contributed by atoms with Crippen LogP contribution in [0.15, 0.2) is 18.2 Å². The van der Waals surface area contributed by atoms with Gasteiger partial charge in [-0.1, -0.05) is 25.3 Å². The highest BCUT2D eigenvalue weighted by Crippen LogP contribution is 2.34. The Labute approximate surface area is 216 Å². The molecule has 35 heavy (non-hydrogen) atoms. The lowest BCUT2D eigenvalue weighted by molar-refractivity contribution is -0.137. The molecule has 2 aliphatic carbocycles. The number of rotatable bonds is 6. The Bertz CT molecular complexity index is 880. The van der Waals surface area contributed by atoms with Crippen molar-refractivity contribution in [1.29, 1.82) is 0 Å². The van der Waals surface area contributed by atoms with Crippen LogP contribution in [0, 0.1) is 5.92 Å². The summed E-state index contributed by atoms with van der Waals surface area (Å²) in [4.78, 5) is 31.0. The van der Waals surface area contributed by atoms with Gasteiger partial charge in [-0.3, -0.25) is 14.6 Å². The van der Waals surface area contributed by atoms with Crippen molar-refractivity contribution in [1.82, 2.24) is 9.80 Å². The van der Waals surface area contributed by atoms with E-state index < -0.39 is 5.97 Å². The van der Waals surface area contributed by atoms with Gasteiger partial charge in [-0.25, -0.2) is 4.79 Å². The summed E-state index contributed by atoms with van der Waals surface area (Å²) >= 11 is 0. The van der Waals surface area contributed by atoms with Gasteiger partial charge in [0.1, 0.15) is 0 Å². The fourth-order valence-corrected chi connectivity index (χ4v) is 6.91. The number of fused-ring (bicyclic) bond motifs is 1. The fourth-order valence-electron chi connectivity index (χ4n) is 6.91.